The van der Waals surface area contributed by atoms with Crippen LogP contribution in [0.4, 0.5) is 10.1 Å². The topological polar surface area (TPSA) is 125 Å². The number of carbonyl (C=O) groups is 1. The smallest absolute Gasteiger partial charge is 0.227 e. The number of nitrogens with one attached hydrogen (secondary N) is 3. The van der Waals surface area contributed by atoms with Gasteiger partial charge in [0.25, 0.3) is 0 Å². The number of hydrogen-bond donors (Lipinski definition) is 3. The number of pyridine rings is 3. The van der Waals surface area contributed by atoms with Crippen LogP contribution in [0.15, 0.2) is 67.4 Å². The lowest BCUT2D eigenvalue weighted by atomic mass is 9.88. The fourth-order valence-electron chi connectivity index (χ4n) is 7.05. The van der Waals surface area contributed by atoms with E-state index in [9.17, 15) is 9.18 Å². The van der Waals surface area contributed by atoms with Crippen molar-refractivity contribution < 1.29 is 13.9 Å². The molecule has 3 N–H and O–H groups in total. The van der Waals surface area contributed by atoms with Gasteiger partial charge in [-0.05, 0) is 74.7 Å². The number of hydrogen-bond acceptors (Lipinski definition) is 7. The summed E-state index contributed by atoms with van der Waals surface area (Å²) in [7, 11) is 0. The molecule has 0 unspecified atom stereocenters. The Kier molecular flexibility index (Phi) is 8.27. The van der Waals surface area contributed by atoms with Gasteiger partial charge in [0.15, 0.2) is 0 Å². The first-order valence-corrected chi connectivity index (χ1v) is 16.8. The number of likely N-dealkylation sites (tertiary alicyclic amines) is 1. The maximum absolute atomic E-state index is 14.8. The molecular weight excluding hydrogens is 607 g/mol. The van der Waals surface area contributed by atoms with Gasteiger partial charge in [-0.2, -0.15) is 5.10 Å². The molecule has 1 aliphatic carbocycles. The molecule has 1 aliphatic heterocycles. The molecule has 2 aliphatic rings. The van der Waals surface area contributed by atoms with Crippen molar-refractivity contribution in [2.24, 2.45) is 5.92 Å². The molecule has 11 heteroatoms. The number of aromatic nitrogens is 6. The zero-order valence-corrected chi connectivity index (χ0v) is 26.6. The lowest BCUT2D eigenvalue weighted by Gasteiger charge is -2.20. The van der Waals surface area contributed by atoms with Gasteiger partial charge in [-0.15, -0.1) is 0 Å². The fraction of sp³-hybridized carbons (Fsp3) is 0.324. The van der Waals surface area contributed by atoms with Crippen LogP contribution in [-0.4, -0.2) is 67.2 Å². The van der Waals surface area contributed by atoms with E-state index < -0.39 is 0 Å². The molecule has 48 heavy (non-hydrogen) atoms. The van der Waals surface area contributed by atoms with Gasteiger partial charge in [0.2, 0.25) is 5.91 Å². The normalized spacial score (nSPS) is 15.8. The average Bonchev–Trinajstić information content (AvgIpc) is 3.88. The SMILES string of the molecule is O=C(Nc1cncc(-c2cc3c(-c4cc5c(-c6cc(F)cc(OCCN7CCCC7)c6)cncc5[nH]4)n[nH]c3cn2)c1)C1CCCCC1. The lowest BCUT2D eigenvalue weighted by Crippen LogP contribution is -2.25. The fourth-order valence-corrected chi connectivity index (χ4v) is 7.05. The van der Waals surface area contributed by atoms with E-state index >= 15 is 0 Å². The van der Waals surface area contributed by atoms with Crippen LogP contribution in [0, 0.1) is 11.7 Å². The zero-order valence-electron chi connectivity index (χ0n) is 26.6. The third-order valence-corrected chi connectivity index (χ3v) is 9.58. The van der Waals surface area contributed by atoms with Crippen molar-refractivity contribution in [2.45, 2.75) is 44.9 Å². The number of fused-ring (bicyclic) bond motifs is 2. The summed E-state index contributed by atoms with van der Waals surface area (Å²) in [6.45, 7) is 3.53. The van der Waals surface area contributed by atoms with Gasteiger partial charge in [-0.1, -0.05) is 19.3 Å². The van der Waals surface area contributed by atoms with Crippen LogP contribution in [0.1, 0.15) is 44.9 Å². The molecule has 1 saturated heterocycles. The summed E-state index contributed by atoms with van der Waals surface area (Å²) in [6, 6.07) is 10.7. The maximum atomic E-state index is 14.8. The Morgan fingerprint density at radius 1 is 0.875 bits per heavy atom. The number of carbonyl (C=O) groups excluding carboxylic acids is 1. The van der Waals surface area contributed by atoms with Gasteiger partial charge in [0.05, 0.1) is 46.7 Å². The molecule has 1 saturated carbocycles. The van der Waals surface area contributed by atoms with Crippen molar-refractivity contribution in [2.75, 3.05) is 31.6 Å². The second-order valence-corrected chi connectivity index (χ2v) is 12.9. The van der Waals surface area contributed by atoms with Crippen LogP contribution >= 0.6 is 0 Å². The minimum Gasteiger partial charge on any atom is -0.492 e. The molecule has 0 bridgehead atoms. The standard InChI is InChI=1S/C37H37FN8O2/c38-26-12-24(14-28(15-26)48-11-10-46-8-4-5-9-46)31-20-40-21-34-29(31)16-33(43-34)36-30-17-32(41-22-35(30)44-45-36)25-13-27(19-39-18-25)42-37(47)23-6-2-1-3-7-23/h12-23,43H,1-11H2,(H,42,47)(H,44,45). The van der Waals surface area contributed by atoms with E-state index in [-0.39, 0.29) is 17.6 Å². The Morgan fingerprint density at radius 2 is 1.73 bits per heavy atom. The van der Waals surface area contributed by atoms with E-state index in [0.29, 0.717) is 29.3 Å². The maximum Gasteiger partial charge on any atom is 0.227 e. The van der Waals surface area contributed by atoms with Crippen molar-refractivity contribution in [1.82, 2.24) is 35.0 Å². The van der Waals surface area contributed by atoms with Gasteiger partial charge in [-0.25, -0.2) is 4.39 Å². The van der Waals surface area contributed by atoms with Gasteiger partial charge >= 0.3 is 0 Å². The summed E-state index contributed by atoms with van der Waals surface area (Å²) >= 11 is 0. The van der Waals surface area contributed by atoms with Gasteiger partial charge in [0, 0.05) is 52.8 Å². The molecule has 6 aromatic rings. The van der Waals surface area contributed by atoms with Crippen LogP contribution in [0.25, 0.3) is 55.6 Å². The molecule has 2 fully saturated rings. The zero-order chi connectivity index (χ0) is 32.5. The molecule has 244 valence electrons. The number of rotatable bonds is 9. The number of ether oxygens (including phenoxy) is 1. The highest BCUT2D eigenvalue weighted by Crippen LogP contribution is 2.36. The van der Waals surface area contributed by atoms with Crippen molar-refractivity contribution in [3.63, 3.8) is 0 Å². The second-order valence-electron chi connectivity index (χ2n) is 12.9. The number of halogens is 1. The largest absolute Gasteiger partial charge is 0.492 e. The first kappa shape index (κ1) is 30.2. The highest BCUT2D eigenvalue weighted by atomic mass is 19.1. The molecule has 5 aromatic heterocycles. The summed E-state index contributed by atoms with van der Waals surface area (Å²) in [6.07, 6.45) is 16.4. The Bertz CT molecular complexity index is 2090. The molecule has 1 amide bonds. The monoisotopic (exact) mass is 644 g/mol. The number of benzene rings is 1. The molecule has 10 nitrogen and oxygen atoms in total. The van der Waals surface area contributed by atoms with Crippen molar-refractivity contribution in [3.05, 3.63) is 73.2 Å². The Hall–Kier alpha value is -5.16. The van der Waals surface area contributed by atoms with E-state index in [4.69, 9.17) is 4.74 Å². The molecular formula is C37H37FN8O2. The van der Waals surface area contributed by atoms with Crippen LogP contribution < -0.4 is 10.1 Å². The Balaban J connectivity index is 1.07. The molecule has 0 atom stereocenters. The molecule has 8 rings (SSSR count). The van der Waals surface area contributed by atoms with Crippen LogP contribution in [0.5, 0.6) is 5.75 Å². The van der Waals surface area contributed by atoms with Crippen LogP contribution in [-0.2, 0) is 4.79 Å². The highest BCUT2D eigenvalue weighted by Gasteiger charge is 2.22. The third-order valence-electron chi connectivity index (χ3n) is 9.58. The van der Waals surface area contributed by atoms with E-state index in [2.05, 4.69) is 40.3 Å². The average molecular weight is 645 g/mol. The van der Waals surface area contributed by atoms with Gasteiger partial charge in [0.1, 0.15) is 23.9 Å². The Morgan fingerprint density at radius 3 is 2.60 bits per heavy atom. The quantitative estimate of drug-likeness (QED) is 0.150. The first-order valence-electron chi connectivity index (χ1n) is 16.8. The number of anilines is 1. The summed E-state index contributed by atoms with van der Waals surface area (Å²) < 4.78 is 20.8. The number of nitrogens with zero attached hydrogens (tertiary/aromatic N) is 5. The number of amides is 1. The summed E-state index contributed by atoms with van der Waals surface area (Å²) in [5.41, 5.74) is 6.73. The van der Waals surface area contributed by atoms with Gasteiger partial charge in [-0.3, -0.25) is 29.7 Å². The predicted octanol–water partition coefficient (Wildman–Crippen LogP) is 7.36. The van der Waals surface area contributed by atoms with E-state index in [1.54, 1.807) is 31.0 Å². The van der Waals surface area contributed by atoms with Crippen LogP contribution in [0.3, 0.4) is 0 Å². The number of H-pyrrole nitrogens is 2. The van der Waals surface area contributed by atoms with Crippen LogP contribution in [0.2, 0.25) is 0 Å². The summed E-state index contributed by atoms with van der Waals surface area (Å²) in [4.78, 5) is 32.2. The van der Waals surface area contributed by atoms with Crippen molar-refractivity contribution >= 4 is 33.4 Å². The van der Waals surface area contributed by atoms with Crippen molar-refractivity contribution in [1.29, 1.82) is 0 Å². The minimum atomic E-state index is -0.359. The molecule has 6 heterocycles. The summed E-state index contributed by atoms with van der Waals surface area (Å²) in [5.74, 6) is 0.254. The predicted molar refractivity (Wildman–Crippen MR) is 184 cm³/mol. The first-order chi connectivity index (χ1) is 23.6. The van der Waals surface area contributed by atoms with Crippen molar-refractivity contribution in [3.8, 4) is 39.5 Å². The third kappa shape index (κ3) is 6.25. The summed E-state index contributed by atoms with van der Waals surface area (Å²) in [5, 5.41) is 12.5. The molecule has 0 spiro atoms. The van der Waals surface area contributed by atoms with E-state index in [1.807, 2.05) is 24.3 Å². The number of aromatic amines is 2. The van der Waals surface area contributed by atoms with E-state index in [1.165, 1.54) is 31.4 Å². The second kappa shape index (κ2) is 13.2. The Labute approximate surface area is 277 Å². The lowest BCUT2D eigenvalue weighted by molar-refractivity contribution is -0.120. The minimum absolute atomic E-state index is 0.0540. The highest BCUT2D eigenvalue weighted by molar-refractivity contribution is 6.01. The van der Waals surface area contributed by atoms with E-state index in [0.717, 1.165) is 89.6 Å². The molecule has 0 radical (unpaired) electrons. The molecule has 1 aromatic carbocycles. The van der Waals surface area contributed by atoms with Gasteiger partial charge < -0.3 is 15.0 Å².